The largest absolute Gasteiger partial charge is 0.399 e. The Morgan fingerprint density at radius 2 is 1.20 bits per heavy atom. The van der Waals surface area contributed by atoms with Gasteiger partial charge in [0.05, 0.1) is 0 Å². The molecule has 1 aromatic carbocycles. The SMILES string of the molecule is Cl.Cl.Cl.Nc1ccccc1. The quantitative estimate of drug-likeness (QED) is 0.643. The van der Waals surface area contributed by atoms with Gasteiger partial charge < -0.3 is 5.73 Å². The summed E-state index contributed by atoms with van der Waals surface area (Å²) in [6.45, 7) is 0. The predicted octanol–water partition coefficient (Wildman–Crippen LogP) is 2.53. The van der Waals surface area contributed by atoms with Gasteiger partial charge in [-0.25, -0.2) is 0 Å². The van der Waals surface area contributed by atoms with Gasteiger partial charge in [-0.15, -0.1) is 37.2 Å². The maximum Gasteiger partial charge on any atom is 0.0313 e. The van der Waals surface area contributed by atoms with Crippen LogP contribution in [0.5, 0.6) is 0 Å². The topological polar surface area (TPSA) is 26.0 Å². The summed E-state index contributed by atoms with van der Waals surface area (Å²) in [6.07, 6.45) is 0. The van der Waals surface area contributed by atoms with Gasteiger partial charge >= 0.3 is 0 Å². The smallest absolute Gasteiger partial charge is 0.0313 e. The van der Waals surface area contributed by atoms with Crippen LogP contribution in [0, 0.1) is 0 Å². The first-order valence-electron chi connectivity index (χ1n) is 2.20. The van der Waals surface area contributed by atoms with E-state index in [1.54, 1.807) is 0 Å². The van der Waals surface area contributed by atoms with E-state index >= 15 is 0 Å². The number of benzene rings is 1. The van der Waals surface area contributed by atoms with Crippen LogP contribution < -0.4 is 5.73 Å². The van der Waals surface area contributed by atoms with Crippen LogP contribution in [0.2, 0.25) is 0 Å². The van der Waals surface area contributed by atoms with Gasteiger partial charge in [-0.2, -0.15) is 0 Å². The molecule has 0 amide bonds. The van der Waals surface area contributed by atoms with Crippen LogP contribution in [-0.4, -0.2) is 0 Å². The molecule has 4 heteroatoms. The zero-order chi connectivity index (χ0) is 5.11. The van der Waals surface area contributed by atoms with Gasteiger partial charge in [0.1, 0.15) is 0 Å². The molecular weight excluding hydrogens is 192 g/mol. The molecule has 0 aromatic heterocycles. The standard InChI is InChI=1S/C6H7N.3ClH/c7-6-4-2-1-3-5-6;;;/h1-5H,7H2;3*1H. The maximum atomic E-state index is 5.36. The number of hydrogen-bond donors (Lipinski definition) is 1. The number of anilines is 1. The third kappa shape index (κ3) is 6.02. The van der Waals surface area contributed by atoms with E-state index in [1.807, 2.05) is 30.3 Å². The summed E-state index contributed by atoms with van der Waals surface area (Å²) >= 11 is 0. The Bertz CT molecular complexity index is 143. The molecule has 0 heterocycles. The van der Waals surface area contributed by atoms with Crippen molar-refractivity contribution in [1.29, 1.82) is 0 Å². The second-order valence-electron chi connectivity index (χ2n) is 1.41. The van der Waals surface area contributed by atoms with Gasteiger partial charge in [0, 0.05) is 5.69 Å². The molecule has 0 saturated heterocycles. The highest BCUT2D eigenvalue weighted by molar-refractivity contribution is 5.86. The van der Waals surface area contributed by atoms with Gasteiger partial charge in [-0.05, 0) is 12.1 Å². The van der Waals surface area contributed by atoms with Crippen LogP contribution in [0.1, 0.15) is 0 Å². The summed E-state index contributed by atoms with van der Waals surface area (Å²) in [5.41, 5.74) is 6.18. The molecule has 0 unspecified atom stereocenters. The summed E-state index contributed by atoms with van der Waals surface area (Å²) in [6, 6.07) is 9.49. The van der Waals surface area contributed by atoms with E-state index in [1.165, 1.54) is 0 Å². The van der Waals surface area contributed by atoms with Crippen LogP contribution in [0.4, 0.5) is 5.69 Å². The van der Waals surface area contributed by atoms with Gasteiger partial charge in [-0.1, -0.05) is 18.2 Å². The summed E-state index contributed by atoms with van der Waals surface area (Å²) in [7, 11) is 0. The fourth-order valence-electron chi connectivity index (χ4n) is 0.453. The molecule has 0 fully saturated rings. The molecule has 0 aliphatic rings. The Hall–Kier alpha value is -0.110. The predicted molar refractivity (Wildman–Crippen MR) is 52.6 cm³/mol. The molecule has 0 aliphatic heterocycles. The number of para-hydroxylation sites is 1. The van der Waals surface area contributed by atoms with Crippen molar-refractivity contribution in [3.8, 4) is 0 Å². The molecule has 2 N–H and O–H groups in total. The van der Waals surface area contributed by atoms with Crippen LogP contribution in [0.15, 0.2) is 30.3 Å². The fraction of sp³-hybridized carbons (Fsp3) is 0. The average Bonchev–Trinajstić information content (AvgIpc) is 1.69. The third-order valence-corrected chi connectivity index (χ3v) is 0.800. The minimum Gasteiger partial charge on any atom is -0.399 e. The molecule has 0 atom stereocenters. The highest BCUT2D eigenvalue weighted by atomic mass is 35.5. The fourth-order valence-corrected chi connectivity index (χ4v) is 0.453. The Morgan fingerprint density at radius 3 is 1.40 bits per heavy atom. The molecule has 0 bridgehead atoms. The summed E-state index contributed by atoms with van der Waals surface area (Å²) in [4.78, 5) is 0. The molecule has 0 saturated carbocycles. The van der Waals surface area contributed by atoms with E-state index in [9.17, 15) is 0 Å². The zero-order valence-corrected chi connectivity index (χ0v) is 7.64. The van der Waals surface area contributed by atoms with E-state index in [0.717, 1.165) is 5.69 Å². The molecule has 0 aliphatic carbocycles. The number of halogens is 3. The number of nitrogens with two attached hydrogens (primary N) is 1. The number of hydrogen-bond acceptors (Lipinski definition) is 1. The molecule has 10 heavy (non-hydrogen) atoms. The molecule has 1 nitrogen and oxygen atoms in total. The van der Waals surface area contributed by atoms with Crippen LogP contribution >= 0.6 is 37.2 Å². The summed E-state index contributed by atoms with van der Waals surface area (Å²) < 4.78 is 0. The van der Waals surface area contributed by atoms with Gasteiger partial charge in [0.15, 0.2) is 0 Å². The Labute approximate surface area is 79.2 Å². The van der Waals surface area contributed by atoms with Crippen molar-refractivity contribution in [3.63, 3.8) is 0 Å². The van der Waals surface area contributed by atoms with E-state index in [-0.39, 0.29) is 37.2 Å². The minimum absolute atomic E-state index is 0. The second kappa shape index (κ2) is 8.89. The van der Waals surface area contributed by atoms with Crippen molar-refractivity contribution >= 4 is 42.9 Å². The van der Waals surface area contributed by atoms with Crippen LogP contribution in [-0.2, 0) is 0 Å². The van der Waals surface area contributed by atoms with E-state index in [4.69, 9.17) is 5.73 Å². The normalized spacial score (nSPS) is 6.00. The lowest BCUT2D eigenvalue weighted by molar-refractivity contribution is 1.69. The molecule has 0 spiro atoms. The van der Waals surface area contributed by atoms with Gasteiger partial charge in [0.25, 0.3) is 0 Å². The van der Waals surface area contributed by atoms with E-state index in [0.29, 0.717) is 0 Å². The number of rotatable bonds is 0. The molecular formula is C6H10Cl3N. The van der Waals surface area contributed by atoms with E-state index < -0.39 is 0 Å². The Balaban J connectivity index is -0.000000163. The van der Waals surface area contributed by atoms with Gasteiger partial charge in [-0.3, -0.25) is 0 Å². The van der Waals surface area contributed by atoms with Crippen molar-refractivity contribution in [2.75, 3.05) is 5.73 Å². The summed E-state index contributed by atoms with van der Waals surface area (Å²) in [5.74, 6) is 0. The lowest BCUT2D eigenvalue weighted by Gasteiger charge is -1.83. The summed E-state index contributed by atoms with van der Waals surface area (Å²) in [5, 5.41) is 0. The van der Waals surface area contributed by atoms with Crippen molar-refractivity contribution in [1.82, 2.24) is 0 Å². The molecule has 60 valence electrons. The highest BCUT2D eigenvalue weighted by Gasteiger charge is 1.72. The van der Waals surface area contributed by atoms with Crippen molar-refractivity contribution < 1.29 is 0 Å². The minimum atomic E-state index is 0. The van der Waals surface area contributed by atoms with Crippen LogP contribution in [0.3, 0.4) is 0 Å². The Morgan fingerprint density at radius 1 is 0.800 bits per heavy atom. The zero-order valence-electron chi connectivity index (χ0n) is 5.19. The van der Waals surface area contributed by atoms with Crippen molar-refractivity contribution in [2.24, 2.45) is 0 Å². The second-order valence-corrected chi connectivity index (χ2v) is 1.41. The van der Waals surface area contributed by atoms with Gasteiger partial charge in [0.2, 0.25) is 0 Å². The lowest BCUT2D eigenvalue weighted by atomic mass is 10.3. The first-order chi connectivity index (χ1) is 3.39. The highest BCUT2D eigenvalue weighted by Crippen LogP contribution is 1.95. The Kier molecular flexibility index (Phi) is 14.6. The molecule has 1 aromatic rings. The van der Waals surface area contributed by atoms with Crippen molar-refractivity contribution in [3.05, 3.63) is 30.3 Å². The van der Waals surface area contributed by atoms with E-state index in [2.05, 4.69) is 0 Å². The maximum absolute atomic E-state index is 5.36. The average molecular weight is 203 g/mol. The first kappa shape index (κ1) is 16.5. The molecule has 0 radical (unpaired) electrons. The monoisotopic (exact) mass is 201 g/mol. The van der Waals surface area contributed by atoms with Crippen LogP contribution in [0.25, 0.3) is 0 Å². The lowest BCUT2D eigenvalue weighted by Crippen LogP contribution is -1.79. The first-order valence-corrected chi connectivity index (χ1v) is 2.20. The van der Waals surface area contributed by atoms with Crippen molar-refractivity contribution in [2.45, 2.75) is 0 Å². The molecule has 1 rings (SSSR count). The third-order valence-electron chi connectivity index (χ3n) is 0.800. The number of nitrogen functional groups attached to an aromatic ring is 1.